The van der Waals surface area contributed by atoms with Crippen LogP contribution in [-0.4, -0.2) is 110 Å². The van der Waals surface area contributed by atoms with Gasteiger partial charge in [-0.1, -0.05) is 24.3 Å². The molecular weight excluding hydrogens is 765 g/mol. The number of carbonyl (C=O) groups is 5. The second-order valence-electron chi connectivity index (χ2n) is 14.0. The second-order valence-corrected chi connectivity index (χ2v) is 15.1. The van der Waals surface area contributed by atoms with E-state index in [0.717, 1.165) is 29.1 Å². The first-order valence-electron chi connectivity index (χ1n) is 19.0. The molecule has 5 heterocycles. The lowest BCUT2D eigenvalue weighted by atomic mass is 10.0. The van der Waals surface area contributed by atoms with Gasteiger partial charge in [0.25, 0.3) is 11.8 Å². The monoisotopic (exact) mass is 804 g/mol. The molecule has 58 heavy (non-hydrogen) atoms. The molecule has 2 fully saturated rings. The molecule has 0 bridgehead atoms. The molecule has 2 saturated heterocycles. The maximum absolute atomic E-state index is 13.3. The van der Waals surface area contributed by atoms with Crippen LogP contribution in [0.1, 0.15) is 52.4 Å². The summed E-state index contributed by atoms with van der Waals surface area (Å²) in [7, 11) is 0. The molecule has 2 unspecified atom stereocenters. The predicted molar refractivity (Wildman–Crippen MR) is 212 cm³/mol. The summed E-state index contributed by atoms with van der Waals surface area (Å²) in [6, 6.07) is 21.0. The summed E-state index contributed by atoms with van der Waals surface area (Å²) < 4.78 is 19.2. The van der Waals surface area contributed by atoms with Crippen molar-refractivity contribution in [3.05, 3.63) is 90.3 Å². The molecule has 298 valence electrons. The molecular formula is C41H40N8O8S. The number of carbonyl (C=O) groups excluding carboxylic acids is 5. The number of nitrogens with zero attached hydrogens (tertiary/aromatic N) is 6. The van der Waals surface area contributed by atoms with E-state index in [1.54, 1.807) is 23.1 Å². The molecule has 0 spiro atoms. The average Bonchev–Trinajstić information content (AvgIpc) is 3.75. The Bertz CT molecular complexity index is 2370. The van der Waals surface area contributed by atoms with Crippen LogP contribution in [0.4, 0.5) is 5.82 Å². The third-order valence-corrected chi connectivity index (χ3v) is 11.3. The Morgan fingerprint density at radius 3 is 2.48 bits per heavy atom. The van der Waals surface area contributed by atoms with Crippen molar-refractivity contribution in [2.24, 2.45) is 0 Å². The van der Waals surface area contributed by atoms with Crippen LogP contribution in [0.5, 0.6) is 11.5 Å². The van der Waals surface area contributed by atoms with Gasteiger partial charge in [0.05, 0.1) is 42.4 Å². The molecule has 2 aromatic heterocycles. The van der Waals surface area contributed by atoms with Gasteiger partial charge in [0.15, 0.2) is 5.65 Å². The Morgan fingerprint density at radius 2 is 1.67 bits per heavy atom. The number of para-hydroxylation sites is 1. The van der Waals surface area contributed by atoms with E-state index in [4.69, 9.17) is 25.0 Å². The summed E-state index contributed by atoms with van der Waals surface area (Å²) in [5.74, 6) is -0.0706. The highest BCUT2D eigenvalue weighted by atomic mass is 32.2. The number of hydrogen-bond acceptors (Lipinski definition) is 13. The van der Waals surface area contributed by atoms with Gasteiger partial charge in [-0.2, -0.15) is 5.10 Å². The standard InChI is InChI=1S/C41H40N8O8S/c42-37-35-36(25-11-13-28(14-12-25)57-27-7-2-1-3-8-27)46-49(38(35)44-24-43-37)26-6-5-17-47(22-26)33(51)23-56-19-18-55-20-21-58-31-10-4-9-29-34(31)41(54)48(40(29)53)30-15-16-32(50)45-39(30)52/h1-4,7-14,24,26,30H,5-6,15-23H2,(H2,42,43,44)(H,45,50,52). The summed E-state index contributed by atoms with van der Waals surface area (Å²) in [6.07, 6.45) is 3.15. The highest BCUT2D eigenvalue weighted by molar-refractivity contribution is 7.99. The molecule has 3 N–H and O–H groups in total. The first-order chi connectivity index (χ1) is 28.3. The van der Waals surface area contributed by atoms with Crippen LogP contribution >= 0.6 is 11.8 Å². The van der Waals surface area contributed by atoms with Gasteiger partial charge in [0, 0.05) is 35.7 Å². The average molecular weight is 805 g/mol. The quantitative estimate of drug-likeness (QED) is 0.0918. The van der Waals surface area contributed by atoms with Crippen molar-refractivity contribution in [1.82, 2.24) is 34.9 Å². The molecule has 16 nitrogen and oxygen atoms in total. The molecule has 3 aliphatic heterocycles. The Kier molecular flexibility index (Phi) is 11.4. The number of imide groups is 2. The number of nitrogens with two attached hydrogens (primary N) is 1. The van der Waals surface area contributed by atoms with Gasteiger partial charge in [-0.3, -0.25) is 34.2 Å². The number of ether oxygens (including phenoxy) is 3. The second kappa shape index (κ2) is 17.1. The number of amides is 5. The normalized spacial score (nSPS) is 18.1. The lowest BCUT2D eigenvalue weighted by molar-refractivity contribution is -0.138. The highest BCUT2D eigenvalue weighted by Gasteiger charge is 2.45. The van der Waals surface area contributed by atoms with Crippen molar-refractivity contribution in [2.45, 2.75) is 42.7 Å². The van der Waals surface area contributed by atoms with E-state index in [-0.39, 0.29) is 55.7 Å². The van der Waals surface area contributed by atoms with Crippen molar-refractivity contribution < 1.29 is 38.2 Å². The summed E-state index contributed by atoms with van der Waals surface area (Å²) >= 11 is 1.36. The zero-order valence-corrected chi connectivity index (χ0v) is 32.2. The predicted octanol–water partition coefficient (Wildman–Crippen LogP) is 4.26. The van der Waals surface area contributed by atoms with Crippen LogP contribution in [0.15, 0.2) is 84.0 Å². The summed E-state index contributed by atoms with van der Waals surface area (Å²) in [6.45, 7) is 1.73. The fourth-order valence-electron chi connectivity index (χ4n) is 7.42. The first kappa shape index (κ1) is 38.7. The topological polar surface area (TPSA) is 201 Å². The number of nitrogen functional groups attached to an aromatic ring is 1. The third-order valence-electron chi connectivity index (χ3n) is 10.2. The Hall–Kier alpha value is -6.17. The minimum Gasteiger partial charge on any atom is -0.457 e. The zero-order chi connectivity index (χ0) is 40.2. The maximum atomic E-state index is 13.3. The molecule has 0 radical (unpaired) electrons. The largest absolute Gasteiger partial charge is 0.457 e. The van der Waals surface area contributed by atoms with Gasteiger partial charge in [-0.05, 0) is 67.8 Å². The van der Waals surface area contributed by atoms with Crippen LogP contribution in [0.3, 0.4) is 0 Å². The number of nitrogens with one attached hydrogen (secondary N) is 1. The molecule has 5 amide bonds. The molecule has 8 rings (SSSR count). The van der Waals surface area contributed by atoms with E-state index in [9.17, 15) is 24.0 Å². The Balaban J connectivity index is 0.806. The number of likely N-dealkylation sites (tertiary alicyclic amines) is 1. The maximum Gasteiger partial charge on any atom is 0.263 e. The Labute approximate surface area is 337 Å². The molecule has 2 atom stereocenters. The van der Waals surface area contributed by atoms with Gasteiger partial charge in [0.1, 0.15) is 42.0 Å². The number of rotatable bonds is 14. The molecule has 3 aliphatic rings. The van der Waals surface area contributed by atoms with Crippen molar-refractivity contribution in [3.63, 3.8) is 0 Å². The van der Waals surface area contributed by atoms with Crippen LogP contribution < -0.4 is 15.8 Å². The van der Waals surface area contributed by atoms with Gasteiger partial charge in [-0.15, -0.1) is 11.8 Å². The van der Waals surface area contributed by atoms with Crippen LogP contribution in [-0.2, 0) is 23.9 Å². The van der Waals surface area contributed by atoms with Crippen molar-refractivity contribution >= 4 is 58.1 Å². The van der Waals surface area contributed by atoms with Gasteiger partial charge in [0.2, 0.25) is 17.7 Å². The van der Waals surface area contributed by atoms with Crippen LogP contribution in [0, 0.1) is 0 Å². The lowest BCUT2D eigenvalue weighted by Gasteiger charge is -2.33. The Morgan fingerprint density at radius 1 is 0.879 bits per heavy atom. The number of fused-ring (bicyclic) bond motifs is 2. The number of thioether (sulfide) groups is 1. The number of piperidine rings is 2. The van der Waals surface area contributed by atoms with E-state index >= 15 is 0 Å². The summed E-state index contributed by atoms with van der Waals surface area (Å²) in [5.41, 5.74) is 8.94. The fourth-order valence-corrected chi connectivity index (χ4v) is 8.36. The van der Waals surface area contributed by atoms with Crippen molar-refractivity contribution in [2.75, 3.05) is 51.0 Å². The molecule has 17 heteroatoms. The van der Waals surface area contributed by atoms with E-state index in [1.807, 2.05) is 59.3 Å². The molecule has 5 aromatic rings. The van der Waals surface area contributed by atoms with E-state index in [2.05, 4.69) is 15.3 Å². The minimum absolute atomic E-state index is 0.0560. The zero-order valence-electron chi connectivity index (χ0n) is 31.4. The number of aromatic nitrogens is 4. The van der Waals surface area contributed by atoms with Gasteiger partial charge < -0.3 is 24.8 Å². The number of hydrogen-bond donors (Lipinski definition) is 2. The molecule has 0 aliphatic carbocycles. The summed E-state index contributed by atoms with van der Waals surface area (Å²) in [5, 5.41) is 7.84. The molecule has 0 saturated carbocycles. The first-order valence-corrected chi connectivity index (χ1v) is 20.0. The molecule has 3 aromatic carbocycles. The summed E-state index contributed by atoms with van der Waals surface area (Å²) in [4.78, 5) is 75.8. The van der Waals surface area contributed by atoms with E-state index < -0.39 is 29.7 Å². The van der Waals surface area contributed by atoms with Crippen LogP contribution in [0.25, 0.3) is 22.3 Å². The van der Waals surface area contributed by atoms with E-state index in [0.29, 0.717) is 58.6 Å². The lowest BCUT2D eigenvalue weighted by Crippen LogP contribution is -2.54. The number of anilines is 1. The van der Waals surface area contributed by atoms with Gasteiger partial charge >= 0.3 is 0 Å². The van der Waals surface area contributed by atoms with Crippen molar-refractivity contribution in [3.8, 4) is 22.8 Å². The number of benzene rings is 3. The van der Waals surface area contributed by atoms with E-state index in [1.165, 1.54) is 18.1 Å². The minimum atomic E-state index is -1.02. The fraction of sp³-hybridized carbons (Fsp3) is 0.317. The van der Waals surface area contributed by atoms with Crippen LogP contribution in [0.2, 0.25) is 0 Å². The SMILES string of the molecule is Nc1ncnc2c1c(-c1ccc(Oc3ccccc3)cc1)nn2C1CCCN(C(=O)COCCOCCSc2cccc3c2C(=O)N(C2CCC(=O)NC2=O)C3=O)C1. The highest BCUT2D eigenvalue weighted by Crippen LogP contribution is 2.36. The van der Waals surface area contributed by atoms with Gasteiger partial charge in [-0.25, -0.2) is 14.6 Å². The van der Waals surface area contributed by atoms with Crippen molar-refractivity contribution in [1.29, 1.82) is 0 Å². The third kappa shape index (κ3) is 8.00. The smallest absolute Gasteiger partial charge is 0.263 e.